The Kier molecular flexibility index (Phi) is 15.9. The topological polar surface area (TPSA) is 169 Å². The van der Waals surface area contributed by atoms with Gasteiger partial charge in [0.1, 0.15) is 17.0 Å². The van der Waals surface area contributed by atoms with Crippen LogP contribution in [0.15, 0.2) is 187 Å². The Balaban J connectivity index is 0.923. The molecule has 3 aliphatic rings. The number of piperazine rings is 1. The Hall–Kier alpha value is -7.82. The molecule has 1 saturated heterocycles. The molecular formula is C66H67ClN6O8S. The van der Waals surface area contributed by atoms with E-state index in [1.54, 1.807) is 37.4 Å². The molecule has 422 valence electrons. The van der Waals surface area contributed by atoms with Gasteiger partial charge in [-0.25, -0.2) is 17.8 Å². The minimum atomic E-state index is -4.71. The van der Waals surface area contributed by atoms with Crippen molar-refractivity contribution in [1.29, 1.82) is 0 Å². The third-order valence-electron chi connectivity index (χ3n) is 16.7. The summed E-state index contributed by atoms with van der Waals surface area (Å²) in [7, 11) is -4.71. The van der Waals surface area contributed by atoms with E-state index in [4.69, 9.17) is 26.2 Å². The lowest BCUT2D eigenvalue weighted by Crippen LogP contribution is -2.47. The Morgan fingerprint density at radius 1 is 0.768 bits per heavy atom. The van der Waals surface area contributed by atoms with Gasteiger partial charge < -0.3 is 19.5 Å². The number of rotatable bonds is 17. The standard InChI is InChI=1S/C66H67ClN6O8S/c1-64(2)33-32-48(56(42-64)47-22-24-52(67)25-23-47)44-70-36-38-71(39-37-70)53-26-28-55(63(74)69-82(78,79)54-27-29-61(59(41-54)73(76)77)80-45-46-30-34-65(3,75)35-31-46)62(40-53)81-60-21-13-20-58-57(60)43-68-72(58)66(49-14-7-4-8-15-49,50-16-9-5-10-17-50)51-18-11-6-12-19-51/h4-29,40-41,43,46,75H,30-39,42,44-45H2,1-3H3,(H,69,74). The number of sulfonamides is 1. The molecule has 0 unspecified atom stereocenters. The highest BCUT2D eigenvalue weighted by atomic mass is 35.5. The van der Waals surface area contributed by atoms with E-state index in [0.29, 0.717) is 54.9 Å². The highest BCUT2D eigenvalue weighted by Crippen LogP contribution is 2.46. The summed E-state index contributed by atoms with van der Waals surface area (Å²) in [5, 5.41) is 29.3. The number of nitro benzene ring substituents is 1. The van der Waals surface area contributed by atoms with Crippen molar-refractivity contribution in [2.75, 3.05) is 44.2 Å². The second-order valence-electron chi connectivity index (χ2n) is 23.1. The fraction of sp³-hybridized carbons (Fsp3) is 0.303. The third kappa shape index (κ3) is 11.8. The molecule has 2 heterocycles. The Bertz CT molecular complexity index is 3660. The molecule has 7 aromatic carbocycles. The van der Waals surface area contributed by atoms with E-state index >= 15 is 0 Å². The minimum absolute atomic E-state index is 0.0662. The monoisotopic (exact) mass is 1140 g/mol. The molecule has 8 aromatic rings. The second-order valence-corrected chi connectivity index (χ2v) is 25.2. The number of hydrogen-bond donors (Lipinski definition) is 2. The fourth-order valence-corrected chi connectivity index (χ4v) is 13.2. The largest absolute Gasteiger partial charge is 0.487 e. The summed E-state index contributed by atoms with van der Waals surface area (Å²) >= 11 is 6.32. The van der Waals surface area contributed by atoms with Gasteiger partial charge in [0.25, 0.3) is 15.9 Å². The number of allylic oxidation sites excluding steroid dienone is 1. The fourth-order valence-electron chi connectivity index (χ4n) is 12.1. The summed E-state index contributed by atoms with van der Waals surface area (Å²) in [5.74, 6) is -0.562. The highest BCUT2D eigenvalue weighted by Gasteiger charge is 2.41. The first-order chi connectivity index (χ1) is 39.5. The molecule has 14 nitrogen and oxygen atoms in total. The summed E-state index contributed by atoms with van der Waals surface area (Å²) in [5.41, 5.74) is 6.33. The first-order valence-corrected chi connectivity index (χ1v) is 29.9. The minimum Gasteiger partial charge on any atom is -0.487 e. The summed E-state index contributed by atoms with van der Waals surface area (Å²) in [4.78, 5) is 30.6. The highest BCUT2D eigenvalue weighted by molar-refractivity contribution is 7.90. The molecule has 1 amide bonds. The molecule has 0 atom stereocenters. The van der Waals surface area contributed by atoms with Gasteiger partial charge in [-0.2, -0.15) is 5.10 Å². The first-order valence-electron chi connectivity index (χ1n) is 28.1. The molecule has 1 aromatic heterocycles. The SMILES string of the molecule is CC1(C)CCC(CN2CCN(c3ccc(C(=O)NS(=O)(=O)c4ccc(OCC5CCC(C)(O)CC5)c([N+](=O)[O-])c4)c(Oc4cccc5c4cnn5C(c4ccccc4)(c4ccccc4)c4ccccc4)c3)CC2)=C(c2ccc(Cl)cc2)C1. The molecule has 11 rings (SSSR count). The molecule has 82 heavy (non-hydrogen) atoms. The zero-order valence-electron chi connectivity index (χ0n) is 46.3. The van der Waals surface area contributed by atoms with E-state index in [1.165, 1.54) is 28.8 Å². The lowest BCUT2D eigenvalue weighted by molar-refractivity contribution is -0.386. The van der Waals surface area contributed by atoms with Gasteiger partial charge >= 0.3 is 5.69 Å². The van der Waals surface area contributed by atoms with Crippen LogP contribution < -0.4 is 19.1 Å². The van der Waals surface area contributed by atoms with Gasteiger partial charge in [0.15, 0.2) is 5.75 Å². The van der Waals surface area contributed by atoms with E-state index in [0.717, 1.165) is 72.9 Å². The average Bonchev–Trinajstić information content (AvgIpc) is 3.98. The molecule has 2 N–H and O–H groups in total. The molecular weight excluding hydrogens is 1070 g/mol. The summed E-state index contributed by atoms with van der Waals surface area (Å²) < 4.78 is 45.4. The lowest BCUT2D eigenvalue weighted by atomic mass is 9.72. The van der Waals surface area contributed by atoms with Crippen LogP contribution in [0, 0.1) is 21.4 Å². The average molecular weight is 1140 g/mol. The molecule has 0 radical (unpaired) electrons. The van der Waals surface area contributed by atoms with E-state index in [2.05, 4.69) is 76.9 Å². The maximum atomic E-state index is 14.6. The number of carbonyl (C=O) groups is 1. The van der Waals surface area contributed by atoms with Gasteiger partial charge in [0.05, 0.1) is 44.7 Å². The summed E-state index contributed by atoms with van der Waals surface area (Å²) in [6, 6.07) is 52.9. The number of nitro groups is 1. The number of carbonyl (C=O) groups excluding carboxylic acids is 1. The van der Waals surface area contributed by atoms with E-state index < -0.39 is 42.6 Å². The zero-order chi connectivity index (χ0) is 57.2. The Morgan fingerprint density at radius 2 is 1.40 bits per heavy atom. The van der Waals surface area contributed by atoms with Gasteiger partial charge in [0.2, 0.25) is 0 Å². The maximum absolute atomic E-state index is 14.6. The molecule has 2 fully saturated rings. The van der Waals surface area contributed by atoms with Crippen molar-refractivity contribution in [2.24, 2.45) is 11.3 Å². The van der Waals surface area contributed by atoms with Crippen LogP contribution in [0.1, 0.15) is 98.3 Å². The van der Waals surface area contributed by atoms with Crippen molar-refractivity contribution in [3.63, 3.8) is 0 Å². The van der Waals surface area contributed by atoms with Crippen LogP contribution in [0.2, 0.25) is 5.02 Å². The number of aliphatic hydroxyl groups is 1. The quantitative estimate of drug-likeness (QED) is 0.0505. The van der Waals surface area contributed by atoms with E-state index in [-0.39, 0.29) is 35.0 Å². The molecule has 2 aliphatic carbocycles. The number of benzene rings is 7. The van der Waals surface area contributed by atoms with Crippen molar-refractivity contribution in [3.05, 3.63) is 225 Å². The van der Waals surface area contributed by atoms with Gasteiger partial charge in [0, 0.05) is 55.6 Å². The zero-order valence-corrected chi connectivity index (χ0v) is 47.9. The molecule has 1 saturated carbocycles. The summed E-state index contributed by atoms with van der Waals surface area (Å²) in [6.07, 6.45) is 7.40. The van der Waals surface area contributed by atoms with Crippen molar-refractivity contribution in [1.82, 2.24) is 19.4 Å². The van der Waals surface area contributed by atoms with Crippen LogP contribution in [0.5, 0.6) is 17.2 Å². The van der Waals surface area contributed by atoms with Crippen molar-refractivity contribution >= 4 is 55.4 Å². The molecule has 0 bridgehead atoms. The van der Waals surface area contributed by atoms with Crippen LogP contribution in [0.25, 0.3) is 16.5 Å². The van der Waals surface area contributed by atoms with Crippen molar-refractivity contribution < 1.29 is 32.7 Å². The normalized spacial score (nSPS) is 18.7. The molecule has 1 aliphatic heterocycles. The molecule has 0 spiro atoms. The van der Waals surface area contributed by atoms with Crippen molar-refractivity contribution in [2.45, 2.75) is 81.8 Å². The number of halogens is 1. The van der Waals surface area contributed by atoms with Gasteiger partial charge in [-0.05, 0) is 140 Å². The molecule has 16 heteroatoms. The van der Waals surface area contributed by atoms with Crippen LogP contribution in [0.4, 0.5) is 11.4 Å². The smallest absolute Gasteiger partial charge is 0.312 e. The summed E-state index contributed by atoms with van der Waals surface area (Å²) in [6.45, 7) is 10.4. The van der Waals surface area contributed by atoms with Crippen molar-refractivity contribution in [3.8, 4) is 17.2 Å². The first kappa shape index (κ1) is 56.1. The number of nitrogens with zero attached hydrogens (tertiary/aromatic N) is 5. The third-order valence-corrected chi connectivity index (χ3v) is 18.3. The number of nitrogens with one attached hydrogen (secondary N) is 1. The number of aromatic nitrogens is 2. The van der Waals surface area contributed by atoms with Gasteiger partial charge in [-0.3, -0.25) is 19.8 Å². The Morgan fingerprint density at radius 3 is 2.02 bits per heavy atom. The van der Waals surface area contributed by atoms with Gasteiger partial charge in [-0.15, -0.1) is 0 Å². The van der Waals surface area contributed by atoms with Crippen LogP contribution in [0.3, 0.4) is 0 Å². The van der Waals surface area contributed by atoms with Gasteiger partial charge in [-0.1, -0.05) is 140 Å². The lowest BCUT2D eigenvalue weighted by Gasteiger charge is -2.39. The predicted octanol–water partition coefficient (Wildman–Crippen LogP) is 13.5. The predicted molar refractivity (Wildman–Crippen MR) is 321 cm³/mol. The second kappa shape index (κ2) is 23.2. The maximum Gasteiger partial charge on any atom is 0.312 e. The van der Waals surface area contributed by atoms with E-state index in [9.17, 15) is 28.4 Å². The van der Waals surface area contributed by atoms with Crippen LogP contribution in [-0.4, -0.2) is 84.0 Å². The number of hydrogen-bond acceptors (Lipinski definition) is 11. The number of anilines is 1. The number of ether oxygens (including phenoxy) is 2. The van der Waals surface area contributed by atoms with Crippen LogP contribution >= 0.6 is 11.6 Å². The van der Waals surface area contributed by atoms with E-state index in [1.807, 2.05) is 83.5 Å². The number of amides is 1. The van der Waals surface area contributed by atoms with Crippen LogP contribution in [-0.2, 0) is 15.6 Å². The Labute approximate surface area is 484 Å². The number of fused-ring (bicyclic) bond motifs is 1.